The van der Waals surface area contributed by atoms with Crippen molar-refractivity contribution in [2.45, 2.75) is 69.6 Å². The normalized spacial score (nSPS) is 22.9. The molecular formula is C34H37Cl2F5N8O4. The fourth-order valence-electron chi connectivity index (χ4n) is 8.05. The minimum atomic E-state index is -4.78. The molecule has 7 rings (SSSR count). The lowest BCUT2D eigenvalue weighted by molar-refractivity contribution is -0.139. The molecule has 1 unspecified atom stereocenters. The highest BCUT2D eigenvalue weighted by molar-refractivity contribution is 6.34. The van der Waals surface area contributed by atoms with Crippen molar-refractivity contribution in [2.75, 3.05) is 51.0 Å². The number of benzene rings is 1. The quantitative estimate of drug-likeness (QED) is 0.155. The van der Waals surface area contributed by atoms with Crippen molar-refractivity contribution < 1.29 is 41.1 Å². The van der Waals surface area contributed by atoms with Gasteiger partial charge in [0.2, 0.25) is 0 Å². The number of nitrogen functional groups attached to an aromatic ring is 1. The predicted molar refractivity (Wildman–Crippen MR) is 184 cm³/mol. The zero-order chi connectivity index (χ0) is 37.8. The molecule has 12 nitrogen and oxygen atoms in total. The number of aromatic nitrogens is 4. The van der Waals surface area contributed by atoms with Crippen molar-refractivity contribution in [1.82, 2.24) is 29.7 Å². The Morgan fingerprint density at radius 3 is 2.72 bits per heavy atom. The van der Waals surface area contributed by atoms with Gasteiger partial charge in [-0.1, -0.05) is 23.2 Å². The number of aryl methyl sites for hydroxylation is 1. The lowest BCUT2D eigenvalue weighted by atomic mass is 9.91. The number of fused-ring (bicyclic) bond motifs is 3. The van der Waals surface area contributed by atoms with Gasteiger partial charge < -0.3 is 20.1 Å². The van der Waals surface area contributed by atoms with Crippen molar-refractivity contribution in [3.05, 3.63) is 68.1 Å². The average molecular weight is 788 g/mol. The van der Waals surface area contributed by atoms with E-state index in [1.807, 2.05) is 4.90 Å². The third-order valence-electron chi connectivity index (χ3n) is 10.5. The van der Waals surface area contributed by atoms with Gasteiger partial charge >= 0.3 is 12.2 Å². The SMILES string of the molecule is CON(C)C(=O)c1nn2c(c1Cl)CN(c1nc(OCC34CCCN3C[C@@H](C=C(F)F)C4)nc3c1CO[C@H](c1cc(N)cc(Cl)c1C(F)(F)F)C3)CCC2. The first kappa shape index (κ1) is 37.5. The fourth-order valence-corrected chi connectivity index (χ4v) is 8.67. The fraction of sp³-hybridized carbons (Fsp3) is 0.529. The number of nitrogens with two attached hydrogens (primary N) is 1. The van der Waals surface area contributed by atoms with Gasteiger partial charge in [-0.05, 0) is 61.9 Å². The van der Waals surface area contributed by atoms with Gasteiger partial charge in [0.1, 0.15) is 12.4 Å². The molecule has 1 amide bonds. The number of halogens is 7. The Kier molecular flexibility index (Phi) is 10.2. The van der Waals surface area contributed by atoms with Crippen molar-refractivity contribution in [3.8, 4) is 6.01 Å². The van der Waals surface area contributed by atoms with Crippen LogP contribution in [0, 0.1) is 5.92 Å². The first-order valence-electron chi connectivity index (χ1n) is 17.1. The number of hydroxylamine groups is 2. The van der Waals surface area contributed by atoms with Crippen LogP contribution in [0.25, 0.3) is 0 Å². The molecule has 53 heavy (non-hydrogen) atoms. The molecule has 2 fully saturated rings. The van der Waals surface area contributed by atoms with Gasteiger partial charge in [0.15, 0.2) is 5.69 Å². The van der Waals surface area contributed by atoms with Crippen LogP contribution in [-0.2, 0) is 41.9 Å². The lowest BCUT2D eigenvalue weighted by Crippen LogP contribution is -2.43. The zero-order valence-corrected chi connectivity index (χ0v) is 30.4. The van der Waals surface area contributed by atoms with Gasteiger partial charge in [0.25, 0.3) is 12.0 Å². The maximum Gasteiger partial charge on any atom is 0.418 e. The molecular weight excluding hydrogens is 750 g/mol. The summed E-state index contributed by atoms with van der Waals surface area (Å²) in [6, 6.07) is 2.25. The molecule has 0 saturated carbocycles. The maximum absolute atomic E-state index is 14.3. The molecule has 2 N–H and O–H groups in total. The standard InChI is InChI=1S/C34H37Cl2F5N8O4/c1-46(51-2)31(50)29-28(36)24-15-47(6-4-8-49(24)45-29)30-21-16-52-25(20-10-19(42)11-22(35)27(20)34(39,40)41)12-23(21)43-32(44-30)53-17-33-5-3-7-48(33)14-18(13-33)9-26(37)38/h9-11,18,25H,3-8,12-17,42H2,1-2H3/t18-,25-,33?/m0/s1. The number of anilines is 2. The zero-order valence-electron chi connectivity index (χ0n) is 28.9. The number of alkyl halides is 3. The van der Waals surface area contributed by atoms with Crippen molar-refractivity contribution in [3.63, 3.8) is 0 Å². The van der Waals surface area contributed by atoms with E-state index in [9.17, 15) is 26.7 Å². The van der Waals surface area contributed by atoms with Crippen LogP contribution in [-0.4, -0.2) is 81.6 Å². The molecule has 2 aromatic heterocycles. The van der Waals surface area contributed by atoms with Crippen LogP contribution in [0.15, 0.2) is 24.3 Å². The summed E-state index contributed by atoms with van der Waals surface area (Å²) >= 11 is 12.8. The Morgan fingerprint density at radius 1 is 1.19 bits per heavy atom. The number of carbonyl (C=O) groups excluding carboxylic acids is 1. The molecule has 3 atom stereocenters. The number of rotatable bonds is 8. The van der Waals surface area contributed by atoms with Gasteiger partial charge in [-0.2, -0.15) is 37.0 Å². The highest BCUT2D eigenvalue weighted by atomic mass is 35.5. The van der Waals surface area contributed by atoms with Crippen LogP contribution in [0.4, 0.5) is 33.5 Å². The summed E-state index contributed by atoms with van der Waals surface area (Å²) in [5.41, 5.74) is 5.76. The Hall–Kier alpha value is -3.77. The Morgan fingerprint density at radius 2 is 1.98 bits per heavy atom. The molecule has 0 bridgehead atoms. The van der Waals surface area contributed by atoms with Crippen molar-refractivity contribution in [2.24, 2.45) is 5.92 Å². The maximum atomic E-state index is 14.3. The Balaban J connectivity index is 1.26. The van der Waals surface area contributed by atoms with E-state index in [2.05, 4.69) is 10.00 Å². The van der Waals surface area contributed by atoms with Crippen LogP contribution in [0.3, 0.4) is 0 Å². The van der Waals surface area contributed by atoms with Crippen LogP contribution in [0.2, 0.25) is 10.0 Å². The molecule has 286 valence electrons. The molecule has 4 aliphatic heterocycles. The second-order valence-electron chi connectivity index (χ2n) is 13.8. The molecule has 1 aromatic carbocycles. The summed E-state index contributed by atoms with van der Waals surface area (Å²) in [7, 11) is 2.79. The van der Waals surface area contributed by atoms with Gasteiger partial charge in [-0.25, -0.2) is 5.06 Å². The smallest absolute Gasteiger partial charge is 0.418 e. The number of carbonyl (C=O) groups is 1. The van der Waals surface area contributed by atoms with E-state index in [0.717, 1.165) is 36.6 Å². The first-order chi connectivity index (χ1) is 25.2. The van der Waals surface area contributed by atoms with E-state index >= 15 is 0 Å². The van der Waals surface area contributed by atoms with E-state index in [0.29, 0.717) is 55.2 Å². The summed E-state index contributed by atoms with van der Waals surface area (Å²) in [6.07, 6.45) is -4.03. The summed E-state index contributed by atoms with van der Waals surface area (Å²) in [5.74, 6) is -0.439. The van der Waals surface area contributed by atoms with E-state index in [1.165, 1.54) is 20.2 Å². The highest BCUT2D eigenvalue weighted by Crippen LogP contribution is 2.46. The van der Waals surface area contributed by atoms with E-state index < -0.39 is 40.4 Å². The molecule has 0 spiro atoms. The number of hydrogen-bond donors (Lipinski definition) is 1. The van der Waals surface area contributed by atoms with Gasteiger partial charge in [0.05, 0.1) is 58.9 Å². The third-order valence-corrected chi connectivity index (χ3v) is 11.2. The Bertz CT molecular complexity index is 1940. The summed E-state index contributed by atoms with van der Waals surface area (Å²) in [5, 5.41) is 5.09. The van der Waals surface area contributed by atoms with Gasteiger partial charge in [-0.3, -0.25) is 19.2 Å². The largest absolute Gasteiger partial charge is 0.461 e. The minimum Gasteiger partial charge on any atom is -0.461 e. The molecule has 3 aromatic rings. The van der Waals surface area contributed by atoms with E-state index in [-0.39, 0.29) is 60.1 Å². The predicted octanol–water partition coefficient (Wildman–Crippen LogP) is 6.45. The molecule has 4 aliphatic rings. The Labute approximate surface area is 311 Å². The second-order valence-corrected chi connectivity index (χ2v) is 14.6. The average Bonchev–Trinajstić information content (AvgIpc) is 3.68. The molecule has 19 heteroatoms. The number of ether oxygens (including phenoxy) is 2. The van der Waals surface area contributed by atoms with Crippen LogP contribution < -0.4 is 15.4 Å². The molecule has 0 aliphatic carbocycles. The van der Waals surface area contributed by atoms with Crippen molar-refractivity contribution >= 4 is 40.6 Å². The van der Waals surface area contributed by atoms with Crippen LogP contribution in [0.1, 0.15) is 70.4 Å². The molecule has 0 radical (unpaired) electrons. The third kappa shape index (κ3) is 7.25. The van der Waals surface area contributed by atoms with Crippen LogP contribution in [0.5, 0.6) is 6.01 Å². The van der Waals surface area contributed by atoms with Crippen molar-refractivity contribution in [1.29, 1.82) is 0 Å². The van der Waals surface area contributed by atoms with Gasteiger partial charge in [0, 0.05) is 44.4 Å². The van der Waals surface area contributed by atoms with Gasteiger partial charge in [-0.15, -0.1) is 0 Å². The lowest BCUT2D eigenvalue weighted by Gasteiger charge is -2.33. The minimum absolute atomic E-state index is 0.0145. The topological polar surface area (TPSA) is 124 Å². The first-order valence-corrected chi connectivity index (χ1v) is 17.8. The summed E-state index contributed by atoms with van der Waals surface area (Å²) in [6.45, 7) is 2.29. The summed E-state index contributed by atoms with van der Waals surface area (Å²) < 4.78 is 83.4. The number of nitrogens with zero attached hydrogens (tertiary/aromatic N) is 7. The second kappa shape index (κ2) is 14.5. The molecule has 6 heterocycles. The monoisotopic (exact) mass is 786 g/mol. The highest BCUT2D eigenvalue weighted by Gasteiger charge is 2.49. The van der Waals surface area contributed by atoms with Crippen LogP contribution >= 0.6 is 23.2 Å². The number of hydrogen-bond acceptors (Lipinski definition) is 10. The van der Waals surface area contributed by atoms with E-state index in [1.54, 1.807) is 4.68 Å². The number of amides is 1. The summed E-state index contributed by atoms with van der Waals surface area (Å²) in [4.78, 5) is 31.6. The molecule has 2 saturated heterocycles. The van der Waals surface area contributed by atoms with E-state index in [4.69, 9.17) is 53.2 Å².